The van der Waals surface area contributed by atoms with E-state index in [-0.39, 0.29) is 28.2 Å². The lowest BCUT2D eigenvalue weighted by Crippen LogP contribution is -2.15. The molecule has 5 aromatic rings. The zero-order chi connectivity index (χ0) is 21.4. The van der Waals surface area contributed by atoms with Gasteiger partial charge in [-0.2, -0.15) is 5.10 Å². The van der Waals surface area contributed by atoms with Crippen LogP contribution in [0.5, 0.6) is 11.5 Å². The zero-order valence-electron chi connectivity index (χ0n) is 16.0. The van der Waals surface area contributed by atoms with Crippen LogP contribution in [-0.4, -0.2) is 20.5 Å². The van der Waals surface area contributed by atoms with Crippen LogP contribution < -0.4 is 15.6 Å². The molecule has 0 aliphatic heterocycles. The fourth-order valence-electron chi connectivity index (χ4n) is 3.34. The van der Waals surface area contributed by atoms with Crippen molar-refractivity contribution in [3.8, 4) is 11.5 Å². The van der Waals surface area contributed by atoms with E-state index in [1.807, 2.05) is 6.07 Å². The topological polar surface area (TPSA) is 88.5 Å². The number of nitrogens with zero attached hydrogens (tertiary/aromatic N) is 2. The highest BCUT2D eigenvalue weighted by Crippen LogP contribution is 2.30. The Bertz CT molecular complexity index is 1490. The fourth-order valence-corrected chi connectivity index (χ4v) is 3.34. The summed E-state index contributed by atoms with van der Waals surface area (Å²) in [5.41, 5.74) is 0.757. The maximum atomic E-state index is 13.9. The molecule has 0 spiro atoms. The van der Waals surface area contributed by atoms with E-state index in [9.17, 15) is 14.0 Å². The molecule has 0 fully saturated rings. The summed E-state index contributed by atoms with van der Waals surface area (Å²) in [6.45, 7) is 0. The molecule has 0 unspecified atom stereocenters. The van der Waals surface area contributed by atoms with E-state index in [4.69, 9.17) is 4.74 Å². The van der Waals surface area contributed by atoms with Crippen molar-refractivity contribution >= 4 is 28.1 Å². The van der Waals surface area contributed by atoms with E-state index < -0.39 is 11.7 Å². The highest BCUT2D eigenvalue weighted by molar-refractivity contribution is 6.09. The highest BCUT2D eigenvalue weighted by atomic mass is 19.1. The summed E-state index contributed by atoms with van der Waals surface area (Å²) >= 11 is 0. The first kappa shape index (κ1) is 18.6. The second-order valence-corrected chi connectivity index (χ2v) is 6.80. The number of nitrogens with one attached hydrogen (secondary N) is 2. The Morgan fingerprint density at radius 2 is 1.81 bits per heavy atom. The van der Waals surface area contributed by atoms with Crippen LogP contribution in [0.15, 0.2) is 83.8 Å². The number of amides is 1. The first-order chi connectivity index (χ1) is 15.1. The number of aromatic amines is 1. The van der Waals surface area contributed by atoms with Crippen molar-refractivity contribution < 1.29 is 13.9 Å². The Balaban J connectivity index is 1.53. The van der Waals surface area contributed by atoms with Gasteiger partial charge in [0.2, 0.25) is 0 Å². The van der Waals surface area contributed by atoms with E-state index in [1.54, 1.807) is 48.5 Å². The number of halogens is 1. The average Bonchev–Trinajstić information content (AvgIpc) is 3.21. The summed E-state index contributed by atoms with van der Waals surface area (Å²) < 4.78 is 21.2. The number of benzene rings is 3. The Kier molecular flexibility index (Phi) is 4.44. The molecule has 0 bridgehead atoms. The number of H-pyrrole nitrogens is 1. The molecule has 152 valence electrons. The summed E-state index contributed by atoms with van der Waals surface area (Å²) in [4.78, 5) is 28.1. The standard InChI is InChI=1S/C23H15FN4O3/c24-14-10-11-20(31-15-6-2-1-3-7-15)18(12-14)26-23(30)17-13-25-28-19-9-5-4-8-16(19)22(29)27-21(17)28/h1-13H,(H,26,30)(H,27,29). The van der Waals surface area contributed by atoms with Crippen LogP contribution in [0.3, 0.4) is 0 Å². The number of carbonyl (C=O) groups excluding carboxylic acids is 1. The largest absolute Gasteiger partial charge is 0.455 e. The third-order valence-electron chi connectivity index (χ3n) is 4.78. The molecule has 5 rings (SSSR count). The molecule has 0 saturated carbocycles. The number of hydrogen-bond donors (Lipinski definition) is 2. The zero-order valence-corrected chi connectivity index (χ0v) is 16.0. The van der Waals surface area contributed by atoms with Crippen LogP contribution in [0.1, 0.15) is 10.4 Å². The number of hydrogen-bond acceptors (Lipinski definition) is 4. The summed E-state index contributed by atoms with van der Waals surface area (Å²) in [7, 11) is 0. The van der Waals surface area contributed by atoms with Crippen molar-refractivity contribution in [2.75, 3.05) is 5.32 Å². The van der Waals surface area contributed by atoms with E-state index in [1.165, 1.54) is 28.9 Å². The molecule has 7 nitrogen and oxygen atoms in total. The number of anilines is 1. The second-order valence-electron chi connectivity index (χ2n) is 6.80. The first-order valence-electron chi connectivity index (χ1n) is 9.43. The van der Waals surface area contributed by atoms with Crippen molar-refractivity contribution in [3.05, 3.63) is 101 Å². The monoisotopic (exact) mass is 414 g/mol. The lowest BCUT2D eigenvalue weighted by atomic mass is 10.2. The van der Waals surface area contributed by atoms with Crippen molar-refractivity contribution in [3.63, 3.8) is 0 Å². The lowest BCUT2D eigenvalue weighted by Gasteiger charge is -2.12. The number of ether oxygens (including phenoxy) is 1. The maximum Gasteiger partial charge on any atom is 0.261 e. The molecular formula is C23H15FN4O3. The minimum absolute atomic E-state index is 0.137. The number of aromatic nitrogens is 3. The number of para-hydroxylation sites is 2. The smallest absolute Gasteiger partial charge is 0.261 e. The fraction of sp³-hybridized carbons (Fsp3) is 0. The lowest BCUT2D eigenvalue weighted by molar-refractivity contribution is 0.102. The summed E-state index contributed by atoms with van der Waals surface area (Å²) in [5.74, 6) is -0.285. The number of carbonyl (C=O) groups is 1. The molecule has 0 aliphatic carbocycles. The van der Waals surface area contributed by atoms with Gasteiger partial charge in [-0.1, -0.05) is 30.3 Å². The Labute approximate surface area is 174 Å². The van der Waals surface area contributed by atoms with Crippen molar-refractivity contribution in [2.24, 2.45) is 0 Å². The van der Waals surface area contributed by atoms with Gasteiger partial charge in [-0.05, 0) is 36.4 Å². The van der Waals surface area contributed by atoms with E-state index in [0.717, 1.165) is 0 Å². The molecule has 0 aliphatic rings. The Morgan fingerprint density at radius 1 is 1.03 bits per heavy atom. The minimum atomic E-state index is -0.565. The van der Waals surface area contributed by atoms with Gasteiger partial charge in [-0.3, -0.25) is 9.59 Å². The molecular weight excluding hydrogens is 399 g/mol. The quantitative estimate of drug-likeness (QED) is 0.457. The molecule has 0 atom stereocenters. The molecule has 2 N–H and O–H groups in total. The van der Waals surface area contributed by atoms with E-state index in [0.29, 0.717) is 16.7 Å². The summed E-state index contributed by atoms with van der Waals surface area (Å²) in [6.07, 6.45) is 1.35. The van der Waals surface area contributed by atoms with E-state index >= 15 is 0 Å². The molecule has 1 amide bonds. The molecule has 31 heavy (non-hydrogen) atoms. The van der Waals surface area contributed by atoms with Crippen LogP contribution in [-0.2, 0) is 0 Å². The van der Waals surface area contributed by atoms with Gasteiger partial charge in [0, 0.05) is 6.07 Å². The third kappa shape index (κ3) is 3.40. The molecule has 2 heterocycles. The van der Waals surface area contributed by atoms with Crippen LogP contribution in [0.4, 0.5) is 10.1 Å². The minimum Gasteiger partial charge on any atom is -0.455 e. The van der Waals surface area contributed by atoms with Gasteiger partial charge < -0.3 is 15.0 Å². The molecule has 0 radical (unpaired) electrons. The van der Waals surface area contributed by atoms with Gasteiger partial charge in [0.25, 0.3) is 11.5 Å². The van der Waals surface area contributed by atoms with Gasteiger partial charge in [-0.15, -0.1) is 0 Å². The summed E-state index contributed by atoms with van der Waals surface area (Å²) in [6, 6.07) is 19.7. The van der Waals surface area contributed by atoms with Crippen LogP contribution in [0, 0.1) is 5.82 Å². The predicted octanol–water partition coefficient (Wildman–Crippen LogP) is 4.36. The van der Waals surface area contributed by atoms with Gasteiger partial charge in [0.05, 0.1) is 22.8 Å². The van der Waals surface area contributed by atoms with Gasteiger partial charge >= 0.3 is 0 Å². The normalized spacial score (nSPS) is 11.0. The van der Waals surface area contributed by atoms with E-state index in [2.05, 4.69) is 15.4 Å². The third-order valence-corrected chi connectivity index (χ3v) is 4.78. The number of rotatable bonds is 4. The Hall–Kier alpha value is -4.46. The van der Waals surface area contributed by atoms with Crippen LogP contribution in [0.2, 0.25) is 0 Å². The molecule has 8 heteroatoms. The second kappa shape index (κ2) is 7.42. The van der Waals surface area contributed by atoms with Crippen molar-refractivity contribution in [1.29, 1.82) is 0 Å². The molecule has 0 saturated heterocycles. The van der Waals surface area contributed by atoms with Crippen LogP contribution in [0.25, 0.3) is 16.6 Å². The predicted molar refractivity (Wildman–Crippen MR) is 114 cm³/mol. The SMILES string of the molecule is O=C(Nc1cc(F)ccc1Oc1ccccc1)c1cnn2c1[nH]c(=O)c1ccccc12. The van der Waals surface area contributed by atoms with Gasteiger partial charge in [0.15, 0.2) is 5.75 Å². The van der Waals surface area contributed by atoms with Gasteiger partial charge in [-0.25, -0.2) is 8.91 Å². The maximum absolute atomic E-state index is 13.9. The molecule has 2 aromatic heterocycles. The van der Waals surface area contributed by atoms with Gasteiger partial charge in [0.1, 0.15) is 22.8 Å². The highest BCUT2D eigenvalue weighted by Gasteiger charge is 2.18. The first-order valence-corrected chi connectivity index (χ1v) is 9.43. The van der Waals surface area contributed by atoms with Crippen molar-refractivity contribution in [1.82, 2.24) is 14.6 Å². The number of fused-ring (bicyclic) bond motifs is 3. The Morgan fingerprint density at radius 3 is 2.65 bits per heavy atom. The summed E-state index contributed by atoms with van der Waals surface area (Å²) in [5, 5.41) is 7.35. The van der Waals surface area contributed by atoms with Crippen LogP contribution >= 0.6 is 0 Å². The average molecular weight is 414 g/mol. The van der Waals surface area contributed by atoms with Crippen molar-refractivity contribution in [2.45, 2.75) is 0 Å². The molecule has 3 aromatic carbocycles.